The van der Waals surface area contributed by atoms with E-state index in [9.17, 15) is 9.59 Å². The van der Waals surface area contributed by atoms with Crippen molar-refractivity contribution in [3.8, 4) is 5.75 Å². The van der Waals surface area contributed by atoms with Crippen molar-refractivity contribution in [3.05, 3.63) is 29.5 Å². The number of para-hydroxylation sites is 1. The second-order valence-electron chi connectivity index (χ2n) is 3.56. The highest BCUT2D eigenvalue weighted by Crippen LogP contribution is 2.32. The topological polar surface area (TPSA) is 82.5 Å². The van der Waals surface area contributed by atoms with E-state index in [0.29, 0.717) is 16.7 Å². The van der Waals surface area contributed by atoms with E-state index in [4.69, 9.17) is 14.9 Å². The van der Waals surface area contributed by atoms with Crippen molar-refractivity contribution in [1.29, 1.82) is 0 Å². The van der Waals surface area contributed by atoms with Gasteiger partial charge in [-0.25, -0.2) is 0 Å². The number of primary amides is 1. The van der Waals surface area contributed by atoms with Gasteiger partial charge in [-0.1, -0.05) is 12.1 Å². The van der Waals surface area contributed by atoms with E-state index in [0.717, 1.165) is 0 Å². The van der Waals surface area contributed by atoms with Crippen LogP contribution < -0.4 is 10.5 Å². The normalized spacial score (nSPS) is 10.5. The summed E-state index contributed by atoms with van der Waals surface area (Å²) in [5, 5.41) is 0.488. The van der Waals surface area contributed by atoms with Gasteiger partial charge in [-0.2, -0.15) is 0 Å². The lowest BCUT2D eigenvalue weighted by atomic mass is 10.1. The Morgan fingerprint density at radius 3 is 2.59 bits per heavy atom. The number of hydrogen-bond acceptors (Lipinski definition) is 4. The molecule has 1 aromatic heterocycles. The van der Waals surface area contributed by atoms with E-state index in [1.807, 2.05) is 0 Å². The van der Waals surface area contributed by atoms with Crippen molar-refractivity contribution in [2.45, 2.75) is 6.92 Å². The molecule has 5 heteroatoms. The molecule has 1 heterocycles. The highest BCUT2D eigenvalue weighted by atomic mass is 16.5. The van der Waals surface area contributed by atoms with Crippen LogP contribution in [0.5, 0.6) is 5.75 Å². The molecule has 0 atom stereocenters. The fourth-order valence-electron chi connectivity index (χ4n) is 1.75. The number of Topliss-reactive ketones (excluding diaryl/α,β-unsaturated/α-hetero) is 1. The van der Waals surface area contributed by atoms with E-state index in [-0.39, 0.29) is 17.1 Å². The molecule has 17 heavy (non-hydrogen) atoms. The Balaban J connectivity index is 2.88. The van der Waals surface area contributed by atoms with Gasteiger partial charge >= 0.3 is 0 Å². The number of nitrogens with two attached hydrogens (primary N) is 1. The first-order valence-electron chi connectivity index (χ1n) is 4.96. The van der Waals surface area contributed by atoms with Crippen LogP contribution in [0.15, 0.2) is 22.6 Å². The Hall–Kier alpha value is -2.30. The molecule has 2 N–H and O–H groups in total. The molecule has 1 amide bonds. The summed E-state index contributed by atoms with van der Waals surface area (Å²) in [6, 6.07) is 5.04. The second-order valence-corrected chi connectivity index (χ2v) is 3.56. The third-order valence-corrected chi connectivity index (χ3v) is 2.47. The first-order valence-corrected chi connectivity index (χ1v) is 4.96. The number of carbonyl (C=O) groups excluding carboxylic acids is 2. The molecule has 0 aliphatic heterocycles. The zero-order chi connectivity index (χ0) is 12.6. The number of hydrogen-bond donors (Lipinski definition) is 1. The van der Waals surface area contributed by atoms with Crippen LogP contribution in [0, 0.1) is 0 Å². The summed E-state index contributed by atoms with van der Waals surface area (Å²) in [6.45, 7) is 1.32. The number of ketones is 1. The van der Waals surface area contributed by atoms with Gasteiger partial charge in [0, 0.05) is 12.3 Å². The minimum Gasteiger partial charge on any atom is -0.493 e. The number of benzene rings is 1. The third kappa shape index (κ3) is 1.65. The first kappa shape index (κ1) is 11.2. The van der Waals surface area contributed by atoms with Crippen LogP contribution in [0.3, 0.4) is 0 Å². The summed E-state index contributed by atoms with van der Waals surface area (Å²) in [5.41, 5.74) is 5.72. The smallest absolute Gasteiger partial charge is 0.253 e. The molecule has 1 aromatic carbocycles. The molecule has 0 aliphatic carbocycles. The van der Waals surface area contributed by atoms with Gasteiger partial charge in [0.1, 0.15) is 0 Å². The summed E-state index contributed by atoms with van der Waals surface area (Å²) in [7, 11) is 1.48. The third-order valence-electron chi connectivity index (χ3n) is 2.47. The number of furan rings is 1. The van der Waals surface area contributed by atoms with E-state index < -0.39 is 5.91 Å². The minimum absolute atomic E-state index is 0.0306. The number of carbonyl (C=O) groups is 2. The largest absolute Gasteiger partial charge is 0.493 e. The van der Waals surface area contributed by atoms with Crippen molar-refractivity contribution >= 4 is 22.7 Å². The predicted octanol–water partition coefficient (Wildman–Crippen LogP) is 1.74. The Morgan fingerprint density at radius 2 is 2.06 bits per heavy atom. The van der Waals surface area contributed by atoms with Crippen LogP contribution in [0.2, 0.25) is 0 Å². The van der Waals surface area contributed by atoms with Crippen LogP contribution >= 0.6 is 0 Å². The molecule has 0 radical (unpaired) electrons. The lowest BCUT2D eigenvalue weighted by Gasteiger charge is -1.98. The monoisotopic (exact) mass is 233 g/mol. The average molecular weight is 233 g/mol. The van der Waals surface area contributed by atoms with Gasteiger partial charge in [-0.3, -0.25) is 9.59 Å². The van der Waals surface area contributed by atoms with Gasteiger partial charge in [0.05, 0.1) is 12.7 Å². The van der Waals surface area contributed by atoms with E-state index in [2.05, 4.69) is 0 Å². The van der Waals surface area contributed by atoms with Crippen LogP contribution in [0.25, 0.3) is 11.0 Å². The predicted molar refractivity (Wildman–Crippen MR) is 61.3 cm³/mol. The van der Waals surface area contributed by atoms with Gasteiger partial charge in [-0.05, 0) is 6.07 Å². The molecule has 2 aromatic rings. The van der Waals surface area contributed by atoms with E-state index >= 15 is 0 Å². The first-order chi connectivity index (χ1) is 8.06. The van der Waals surface area contributed by atoms with Crippen molar-refractivity contribution < 1.29 is 18.7 Å². The number of rotatable bonds is 3. The van der Waals surface area contributed by atoms with Crippen molar-refractivity contribution in [2.24, 2.45) is 5.73 Å². The molecule has 0 fully saturated rings. The molecule has 0 saturated heterocycles. The van der Waals surface area contributed by atoms with E-state index in [1.165, 1.54) is 14.0 Å². The zero-order valence-corrected chi connectivity index (χ0v) is 9.44. The van der Waals surface area contributed by atoms with Crippen LogP contribution in [-0.4, -0.2) is 18.8 Å². The van der Waals surface area contributed by atoms with Gasteiger partial charge in [0.2, 0.25) is 0 Å². The average Bonchev–Trinajstić information content (AvgIpc) is 2.67. The number of methoxy groups -OCH3 is 1. The summed E-state index contributed by atoms with van der Waals surface area (Å²) >= 11 is 0. The quantitative estimate of drug-likeness (QED) is 0.818. The number of fused-ring (bicyclic) bond motifs is 1. The Morgan fingerprint density at radius 1 is 1.35 bits per heavy atom. The molecule has 0 saturated carbocycles. The van der Waals surface area contributed by atoms with Crippen LogP contribution in [-0.2, 0) is 0 Å². The van der Waals surface area contributed by atoms with Gasteiger partial charge in [0.25, 0.3) is 5.91 Å². The van der Waals surface area contributed by atoms with Gasteiger partial charge < -0.3 is 14.9 Å². The summed E-state index contributed by atoms with van der Waals surface area (Å²) in [6.07, 6.45) is 0. The summed E-state index contributed by atoms with van der Waals surface area (Å²) in [5.74, 6) is -0.617. The summed E-state index contributed by atoms with van der Waals surface area (Å²) < 4.78 is 10.5. The highest BCUT2D eigenvalue weighted by molar-refractivity contribution is 6.14. The Labute approximate surface area is 97.1 Å². The molecule has 2 rings (SSSR count). The number of amides is 1. The standard InChI is InChI=1S/C12H11NO4/c1-6(14)10-9(12(13)15)7-4-3-5-8(16-2)11(7)17-10/h3-5H,1-2H3,(H2,13,15). The van der Waals surface area contributed by atoms with E-state index in [1.54, 1.807) is 18.2 Å². The van der Waals surface area contributed by atoms with Crippen molar-refractivity contribution in [1.82, 2.24) is 0 Å². The molecule has 88 valence electrons. The zero-order valence-electron chi connectivity index (χ0n) is 9.44. The molecular weight excluding hydrogens is 222 g/mol. The molecule has 0 bridgehead atoms. The minimum atomic E-state index is -0.692. The van der Waals surface area contributed by atoms with Crippen molar-refractivity contribution in [2.75, 3.05) is 7.11 Å². The SMILES string of the molecule is COc1cccc2c(C(N)=O)c(C(C)=O)oc12. The highest BCUT2D eigenvalue weighted by Gasteiger charge is 2.23. The number of ether oxygens (including phenoxy) is 1. The maximum Gasteiger partial charge on any atom is 0.253 e. The fourth-order valence-corrected chi connectivity index (χ4v) is 1.75. The Bertz CT molecular complexity index is 612. The lowest BCUT2D eigenvalue weighted by Crippen LogP contribution is -2.13. The maximum atomic E-state index is 11.4. The molecule has 0 unspecified atom stereocenters. The lowest BCUT2D eigenvalue weighted by molar-refractivity contribution is 0.0958. The van der Waals surface area contributed by atoms with Gasteiger partial charge in [0.15, 0.2) is 22.9 Å². The summed E-state index contributed by atoms with van der Waals surface area (Å²) in [4.78, 5) is 22.8. The van der Waals surface area contributed by atoms with Gasteiger partial charge in [-0.15, -0.1) is 0 Å². The Kier molecular flexibility index (Phi) is 2.59. The molecule has 0 aliphatic rings. The van der Waals surface area contributed by atoms with Crippen LogP contribution in [0.4, 0.5) is 0 Å². The van der Waals surface area contributed by atoms with Crippen molar-refractivity contribution in [3.63, 3.8) is 0 Å². The molecule has 5 nitrogen and oxygen atoms in total. The molecule has 0 spiro atoms. The maximum absolute atomic E-state index is 11.4. The van der Waals surface area contributed by atoms with Crippen LogP contribution in [0.1, 0.15) is 27.8 Å². The second kappa shape index (κ2) is 3.93. The molecular formula is C12H11NO4. The fraction of sp³-hybridized carbons (Fsp3) is 0.167.